The number of aromatic nitrogens is 3. The largest absolute Gasteiger partial charge is 0.433 e. The number of aliphatic hydroxyl groups is 1. The van der Waals surface area contributed by atoms with E-state index in [1.54, 1.807) is 6.92 Å². The normalized spacial score (nSPS) is 22.0. The molecule has 0 bridgehead atoms. The minimum atomic E-state index is -4.66. The van der Waals surface area contributed by atoms with Crippen LogP contribution in [-0.4, -0.2) is 46.0 Å². The van der Waals surface area contributed by atoms with Gasteiger partial charge in [0.25, 0.3) is 5.89 Å². The maximum Gasteiger partial charge on any atom is 0.433 e. The summed E-state index contributed by atoms with van der Waals surface area (Å²) < 4.78 is 68.8. The van der Waals surface area contributed by atoms with Crippen molar-refractivity contribution in [3.8, 4) is 0 Å². The first-order chi connectivity index (χ1) is 12.1. The molecule has 3 heterocycles. The Balaban J connectivity index is 1.82. The molecule has 2 aromatic heterocycles. The number of β-amino-alcohol motifs (C(OH)–C–C–N with tert-alkyl or cyclic N) is 1. The van der Waals surface area contributed by atoms with Crippen molar-refractivity contribution in [3.63, 3.8) is 0 Å². The molecule has 1 aliphatic heterocycles. The summed E-state index contributed by atoms with van der Waals surface area (Å²) in [6.07, 6.45) is -3.51. The first-order valence-electron chi connectivity index (χ1n) is 7.65. The second kappa shape index (κ2) is 6.28. The van der Waals surface area contributed by atoms with Crippen LogP contribution in [0.1, 0.15) is 30.8 Å². The van der Waals surface area contributed by atoms with Crippen molar-refractivity contribution in [3.05, 3.63) is 35.7 Å². The molecule has 8 nitrogen and oxygen atoms in total. The number of rotatable bonds is 4. The van der Waals surface area contributed by atoms with Crippen LogP contribution in [0.5, 0.6) is 0 Å². The minimum absolute atomic E-state index is 0.0195. The molecule has 1 saturated heterocycles. The fraction of sp³-hybridized carbons (Fsp3) is 0.500. The number of sulfonamides is 1. The molecule has 2 aromatic rings. The average molecular weight is 392 g/mol. The smallest absolute Gasteiger partial charge is 0.379 e. The minimum Gasteiger partial charge on any atom is -0.379 e. The summed E-state index contributed by atoms with van der Waals surface area (Å²) in [6, 6.07) is 1.44. The Hall–Kier alpha value is -2.05. The Morgan fingerprint density at radius 1 is 1.38 bits per heavy atom. The second-order valence-corrected chi connectivity index (χ2v) is 7.80. The Morgan fingerprint density at radius 3 is 2.65 bits per heavy atom. The van der Waals surface area contributed by atoms with Crippen molar-refractivity contribution in [2.24, 2.45) is 0 Å². The highest BCUT2D eigenvalue weighted by molar-refractivity contribution is 7.89. The summed E-state index contributed by atoms with van der Waals surface area (Å²) in [6.45, 7) is 1.40. The summed E-state index contributed by atoms with van der Waals surface area (Å²) in [4.78, 5) is 6.79. The van der Waals surface area contributed by atoms with Crippen LogP contribution in [0.25, 0.3) is 0 Å². The van der Waals surface area contributed by atoms with Gasteiger partial charge in [-0.05, 0) is 12.1 Å². The van der Waals surface area contributed by atoms with E-state index in [-0.39, 0.29) is 25.4 Å². The van der Waals surface area contributed by atoms with Gasteiger partial charge in [0, 0.05) is 25.6 Å². The zero-order chi connectivity index (χ0) is 19.2. The van der Waals surface area contributed by atoms with Gasteiger partial charge >= 0.3 is 6.18 Å². The number of pyridine rings is 1. The molecule has 12 heteroatoms. The van der Waals surface area contributed by atoms with Gasteiger partial charge in [-0.3, -0.25) is 4.98 Å². The van der Waals surface area contributed by atoms with Crippen LogP contribution in [0.15, 0.2) is 27.7 Å². The zero-order valence-corrected chi connectivity index (χ0v) is 14.4. The first-order valence-corrected chi connectivity index (χ1v) is 9.09. The highest BCUT2D eigenvalue weighted by Crippen LogP contribution is 2.34. The van der Waals surface area contributed by atoms with E-state index in [0.717, 1.165) is 10.4 Å². The van der Waals surface area contributed by atoms with E-state index in [0.29, 0.717) is 24.5 Å². The third-order valence-electron chi connectivity index (χ3n) is 4.06. The lowest BCUT2D eigenvalue weighted by Gasteiger charge is -2.19. The molecule has 26 heavy (non-hydrogen) atoms. The van der Waals surface area contributed by atoms with Crippen LogP contribution < -0.4 is 0 Å². The molecule has 0 aliphatic carbocycles. The topological polar surface area (TPSA) is 109 Å². The van der Waals surface area contributed by atoms with Crippen molar-refractivity contribution >= 4 is 10.0 Å². The zero-order valence-electron chi connectivity index (χ0n) is 13.6. The monoisotopic (exact) mass is 392 g/mol. The molecule has 1 fully saturated rings. The molecule has 1 N–H and O–H groups in total. The fourth-order valence-electron chi connectivity index (χ4n) is 2.58. The highest BCUT2D eigenvalue weighted by atomic mass is 32.2. The molecule has 3 rings (SSSR count). The third-order valence-corrected chi connectivity index (χ3v) is 5.89. The third kappa shape index (κ3) is 3.31. The summed E-state index contributed by atoms with van der Waals surface area (Å²) in [5.74, 6) is 0.291. The second-order valence-electron chi connectivity index (χ2n) is 5.87. The molecule has 1 aliphatic rings. The number of aryl methyl sites for hydroxylation is 1. The fourth-order valence-corrected chi connectivity index (χ4v) is 4.01. The summed E-state index contributed by atoms with van der Waals surface area (Å²) >= 11 is 0. The van der Waals surface area contributed by atoms with Crippen LogP contribution in [0.3, 0.4) is 0 Å². The first kappa shape index (κ1) is 18.7. The quantitative estimate of drug-likeness (QED) is 0.836. The van der Waals surface area contributed by atoms with Gasteiger partial charge in [-0.2, -0.15) is 22.5 Å². The van der Waals surface area contributed by atoms with Gasteiger partial charge in [0.1, 0.15) is 10.6 Å². The van der Waals surface area contributed by atoms with E-state index in [2.05, 4.69) is 15.1 Å². The maximum atomic E-state index is 12.6. The van der Waals surface area contributed by atoms with Gasteiger partial charge < -0.3 is 9.63 Å². The predicted molar refractivity (Wildman–Crippen MR) is 80.2 cm³/mol. The van der Waals surface area contributed by atoms with Crippen molar-refractivity contribution in [2.75, 3.05) is 13.1 Å². The predicted octanol–water partition coefficient (Wildman–Crippen LogP) is 1.33. The van der Waals surface area contributed by atoms with E-state index in [1.165, 1.54) is 0 Å². The average Bonchev–Trinajstić information content (AvgIpc) is 3.22. The summed E-state index contributed by atoms with van der Waals surface area (Å²) in [5, 5.41) is 14.3. The number of nitrogens with zero attached hydrogens (tertiary/aromatic N) is 4. The summed E-state index contributed by atoms with van der Waals surface area (Å²) in [5.41, 5.74) is -2.83. The van der Waals surface area contributed by atoms with Crippen molar-refractivity contribution < 1.29 is 31.2 Å². The Labute approximate surface area is 146 Å². The van der Waals surface area contributed by atoms with Crippen molar-refractivity contribution in [1.82, 2.24) is 19.4 Å². The van der Waals surface area contributed by atoms with E-state index >= 15 is 0 Å². The van der Waals surface area contributed by atoms with E-state index < -0.39 is 32.4 Å². The molecule has 1 unspecified atom stereocenters. The number of halogens is 3. The molecule has 0 radical (unpaired) electrons. The van der Waals surface area contributed by atoms with Crippen LogP contribution >= 0.6 is 0 Å². The van der Waals surface area contributed by atoms with E-state index in [9.17, 15) is 26.7 Å². The molecule has 0 spiro atoms. The molecular weight excluding hydrogens is 377 g/mol. The molecule has 0 amide bonds. The van der Waals surface area contributed by atoms with Crippen LogP contribution in [0, 0.1) is 0 Å². The Morgan fingerprint density at radius 2 is 2.12 bits per heavy atom. The lowest BCUT2D eigenvalue weighted by atomic mass is 10.0. The van der Waals surface area contributed by atoms with Crippen LogP contribution in [0.4, 0.5) is 13.2 Å². The highest BCUT2D eigenvalue weighted by Gasteiger charge is 2.47. The van der Waals surface area contributed by atoms with Crippen LogP contribution in [0.2, 0.25) is 0 Å². The molecular formula is C14H15F3N4O4S. The standard InChI is InChI=1S/C14H15F3N4O4S/c1-2-11-19-12(25-20-11)13(22)5-6-21(8-13)26(23,24)9-3-4-10(18-7-9)14(15,16)17/h3-4,7,22H,2,5-6,8H2,1H3. The van der Waals surface area contributed by atoms with Gasteiger partial charge in [-0.25, -0.2) is 8.42 Å². The molecule has 0 aromatic carbocycles. The molecule has 0 saturated carbocycles. The van der Waals surface area contributed by atoms with E-state index in [1.807, 2.05) is 0 Å². The Bertz CT molecular complexity index is 898. The van der Waals surface area contributed by atoms with Gasteiger partial charge in [-0.1, -0.05) is 12.1 Å². The van der Waals surface area contributed by atoms with E-state index in [4.69, 9.17) is 4.52 Å². The maximum absolute atomic E-state index is 12.6. The molecule has 1 atom stereocenters. The lowest BCUT2D eigenvalue weighted by Crippen LogP contribution is -2.34. The van der Waals surface area contributed by atoms with Gasteiger partial charge in [0.05, 0.1) is 6.54 Å². The van der Waals surface area contributed by atoms with Crippen molar-refractivity contribution in [1.29, 1.82) is 0 Å². The Kier molecular flexibility index (Phi) is 4.53. The number of hydrogen-bond acceptors (Lipinski definition) is 7. The number of alkyl halides is 3. The van der Waals surface area contributed by atoms with Crippen molar-refractivity contribution in [2.45, 2.75) is 36.4 Å². The van der Waals surface area contributed by atoms with Crippen LogP contribution in [-0.2, 0) is 28.2 Å². The SMILES string of the molecule is CCc1noc(C2(O)CCN(S(=O)(=O)c3ccc(C(F)(F)F)nc3)C2)n1. The van der Waals surface area contributed by atoms with Gasteiger partial charge in [0.2, 0.25) is 10.0 Å². The summed E-state index contributed by atoms with van der Waals surface area (Å²) in [7, 11) is -4.13. The van der Waals surface area contributed by atoms with Gasteiger partial charge in [0.15, 0.2) is 11.4 Å². The lowest BCUT2D eigenvalue weighted by molar-refractivity contribution is -0.141. The van der Waals surface area contributed by atoms with Gasteiger partial charge in [-0.15, -0.1) is 0 Å². The molecule has 142 valence electrons. The number of hydrogen-bond donors (Lipinski definition) is 1.